The third-order valence-electron chi connectivity index (χ3n) is 2.41. The van der Waals surface area contributed by atoms with E-state index < -0.39 is 0 Å². The SMILES string of the molecule is CC(C)(C)OCC(=O)Nc1ccc(-c2nnco2)cc1. The van der Waals surface area contributed by atoms with Gasteiger partial charge in [0.1, 0.15) is 6.61 Å². The summed E-state index contributed by atoms with van der Waals surface area (Å²) in [5, 5.41) is 10.2. The predicted molar refractivity (Wildman–Crippen MR) is 74.1 cm³/mol. The van der Waals surface area contributed by atoms with E-state index in [2.05, 4.69) is 15.5 Å². The molecule has 2 aromatic rings. The van der Waals surface area contributed by atoms with Crippen LogP contribution in [-0.4, -0.2) is 28.3 Å². The second-order valence-corrected chi connectivity index (χ2v) is 5.27. The molecule has 20 heavy (non-hydrogen) atoms. The molecule has 0 unspecified atom stereocenters. The average Bonchev–Trinajstić information content (AvgIpc) is 2.90. The van der Waals surface area contributed by atoms with Gasteiger partial charge in [0.05, 0.1) is 5.60 Å². The number of nitrogens with one attached hydrogen (secondary N) is 1. The molecule has 0 saturated heterocycles. The van der Waals surface area contributed by atoms with Crippen LogP contribution in [0.5, 0.6) is 0 Å². The first-order valence-corrected chi connectivity index (χ1v) is 6.24. The number of benzene rings is 1. The van der Waals surface area contributed by atoms with Crippen LogP contribution >= 0.6 is 0 Å². The molecular weight excluding hydrogens is 258 g/mol. The summed E-state index contributed by atoms with van der Waals surface area (Å²) in [5.41, 5.74) is 1.15. The summed E-state index contributed by atoms with van der Waals surface area (Å²) in [7, 11) is 0. The maximum atomic E-state index is 11.7. The van der Waals surface area contributed by atoms with Gasteiger partial charge < -0.3 is 14.5 Å². The average molecular weight is 275 g/mol. The Kier molecular flexibility index (Phi) is 4.14. The van der Waals surface area contributed by atoms with E-state index >= 15 is 0 Å². The third kappa shape index (κ3) is 4.17. The fourth-order valence-corrected chi connectivity index (χ4v) is 1.47. The molecule has 6 nitrogen and oxygen atoms in total. The van der Waals surface area contributed by atoms with Crippen molar-refractivity contribution in [3.63, 3.8) is 0 Å². The molecule has 0 saturated carbocycles. The highest BCUT2D eigenvalue weighted by molar-refractivity contribution is 5.91. The lowest BCUT2D eigenvalue weighted by molar-refractivity contribution is -0.125. The van der Waals surface area contributed by atoms with Crippen molar-refractivity contribution in [1.82, 2.24) is 10.2 Å². The van der Waals surface area contributed by atoms with E-state index in [4.69, 9.17) is 9.15 Å². The summed E-state index contributed by atoms with van der Waals surface area (Å²) in [6.07, 6.45) is 1.27. The lowest BCUT2D eigenvalue weighted by Gasteiger charge is -2.18. The van der Waals surface area contributed by atoms with Gasteiger partial charge in [-0.15, -0.1) is 10.2 Å². The lowest BCUT2D eigenvalue weighted by atomic mass is 10.2. The number of aromatic nitrogens is 2. The van der Waals surface area contributed by atoms with Gasteiger partial charge in [-0.25, -0.2) is 0 Å². The van der Waals surface area contributed by atoms with Gasteiger partial charge in [-0.1, -0.05) is 0 Å². The number of rotatable bonds is 4. The molecule has 0 radical (unpaired) electrons. The fourth-order valence-electron chi connectivity index (χ4n) is 1.47. The van der Waals surface area contributed by atoms with Crippen molar-refractivity contribution in [3.05, 3.63) is 30.7 Å². The van der Waals surface area contributed by atoms with Crippen LogP contribution < -0.4 is 5.32 Å². The summed E-state index contributed by atoms with van der Waals surface area (Å²) < 4.78 is 10.5. The topological polar surface area (TPSA) is 77.2 Å². The van der Waals surface area contributed by atoms with Gasteiger partial charge in [0.2, 0.25) is 18.2 Å². The van der Waals surface area contributed by atoms with Gasteiger partial charge in [0, 0.05) is 11.3 Å². The maximum Gasteiger partial charge on any atom is 0.250 e. The van der Waals surface area contributed by atoms with Gasteiger partial charge in [0.15, 0.2) is 0 Å². The normalized spacial score (nSPS) is 11.3. The van der Waals surface area contributed by atoms with Crippen molar-refractivity contribution in [2.45, 2.75) is 26.4 Å². The van der Waals surface area contributed by atoms with Crippen LogP contribution in [0.25, 0.3) is 11.5 Å². The molecule has 1 amide bonds. The Balaban J connectivity index is 1.92. The number of amides is 1. The number of ether oxygens (including phenoxy) is 1. The van der Waals surface area contributed by atoms with Crippen molar-refractivity contribution in [2.24, 2.45) is 0 Å². The lowest BCUT2D eigenvalue weighted by Crippen LogP contribution is -2.27. The Hall–Kier alpha value is -2.21. The molecule has 0 aliphatic carbocycles. The first-order valence-electron chi connectivity index (χ1n) is 6.24. The summed E-state index contributed by atoms with van der Waals surface area (Å²) in [5.74, 6) is 0.254. The third-order valence-corrected chi connectivity index (χ3v) is 2.41. The van der Waals surface area contributed by atoms with Crippen LogP contribution in [0.2, 0.25) is 0 Å². The van der Waals surface area contributed by atoms with Crippen molar-refractivity contribution in [2.75, 3.05) is 11.9 Å². The number of carbonyl (C=O) groups is 1. The number of carbonyl (C=O) groups excluding carboxylic acids is 1. The standard InChI is InChI=1S/C14H17N3O3/c1-14(2,3)20-8-12(18)16-11-6-4-10(5-7-11)13-17-15-9-19-13/h4-7,9H,8H2,1-3H3,(H,16,18). The molecule has 6 heteroatoms. The molecule has 1 N–H and O–H groups in total. The molecule has 0 spiro atoms. The van der Waals surface area contributed by atoms with Crippen molar-refractivity contribution >= 4 is 11.6 Å². The molecule has 0 atom stereocenters. The Morgan fingerprint density at radius 1 is 1.30 bits per heavy atom. The Bertz CT molecular complexity index is 556. The van der Waals surface area contributed by atoms with E-state index in [1.165, 1.54) is 6.39 Å². The highest BCUT2D eigenvalue weighted by Gasteiger charge is 2.13. The molecule has 1 aromatic carbocycles. The molecule has 1 aromatic heterocycles. The van der Waals surface area contributed by atoms with E-state index in [9.17, 15) is 4.79 Å². The minimum absolute atomic E-state index is 0.0227. The zero-order valence-corrected chi connectivity index (χ0v) is 11.7. The van der Waals surface area contributed by atoms with Crippen LogP contribution in [-0.2, 0) is 9.53 Å². The first-order chi connectivity index (χ1) is 9.44. The summed E-state index contributed by atoms with van der Waals surface area (Å²) in [6.45, 7) is 5.73. The van der Waals surface area contributed by atoms with Gasteiger partial charge >= 0.3 is 0 Å². The smallest absolute Gasteiger partial charge is 0.250 e. The van der Waals surface area contributed by atoms with E-state index in [0.717, 1.165) is 5.56 Å². The molecule has 0 fully saturated rings. The molecule has 2 rings (SSSR count). The highest BCUT2D eigenvalue weighted by Crippen LogP contribution is 2.18. The number of anilines is 1. The van der Waals surface area contributed by atoms with Crippen molar-refractivity contribution in [1.29, 1.82) is 0 Å². The number of hydrogen-bond donors (Lipinski definition) is 1. The van der Waals surface area contributed by atoms with Crippen LogP contribution in [0.1, 0.15) is 20.8 Å². The Morgan fingerprint density at radius 3 is 2.55 bits per heavy atom. The minimum Gasteiger partial charge on any atom is -0.423 e. The molecule has 0 bridgehead atoms. The van der Waals surface area contributed by atoms with E-state index in [-0.39, 0.29) is 18.1 Å². The Labute approximate surface area is 117 Å². The van der Waals surface area contributed by atoms with Crippen LogP contribution in [0.4, 0.5) is 5.69 Å². The number of hydrogen-bond acceptors (Lipinski definition) is 5. The largest absolute Gasteiger partial charge is 0.423 e. The minimum atomic E-state index is -0.334. The van der Waals surface area contributed by atoms with E-state index in [0.29, 0.717) is 11.6 Å². The van der Waals surface area contributed by atoms with Gasteiger partial charge in [0.25, 0.3) is 0 Å². The van der Waals surface area contributed by atoms with E-state index in [1.807, 2.05) is 20.8 Å². The fraction of sp³-hybridized carbons (Fsp3) is 0.357. The molecule has 0 aliphatic heterocycles. The summed E-state index contributed by atoms with van der Waals surface area (Å²) >= 11 is 0. The summed E-state index contributed by atoms with van der Waals surface area (Å²) in [6, 6.07) is 7.14. The quantitative estimate of drug-likeness (QED) is 0.927. The molecular formula is C14H17N3O3. The highest BCUT2D eigenvalue weighted by atomic mass is 16.5. The molecule has 0 aliphatic rings. The second kappa shape index (κ2) is 5.83. The van der Waals surface area contributed by atoms with Crippen molar-refractivity contribution in [3.8, 4) is 11.5 Å². The van der Waals surface area contributed by atoms with Gasteiger partial charge in [-0.2, -0.15) is 0 Å². The van der Waals surface area contributed by atoms with Crippen LogP contribution in [0.3, 0.4) is 0 Å². The Morgan fingerprint density at radius 2 is 2.00 bits per heavy atom. The molecule has 106 valence electrons. The van der Waals surface area contributed by atoms with E-state index in [1.54, 1.807) is 24.3 Å². The van der Waals surface area contributed by atoms with Crippen LogP contribution in [0, 0.1) is 0 Å². The van der Waals surface area contributed by atoms with Gasteiger partial charge in [-0.05, 0) is 45.0 Å². The number of nitrogens with zero attached hydrogens (tertiary/aromatic N) is 2. The molecule has 1 heterocycles. The monoisotopic (exact) mass is 275 g/mol. The zero-order chi connectivity index (χ0) is 14.6. The predicted octanol–water partition coefficient (Wildman–Crippen LogP) is 2.49. The first kappa shape index (κ1) is 14.2. The van der Waals surface area contributed by atoms with Crippen molar-refractivity contribution < 1.29 is 13.9 Å². The second-order valence-electron chi connectivity index (χ2n) is 5.27. The summed E-state index contributed by atoms with van der Waals surface area (Å²) in [4.78, 5) is 11.7. The van der Waals surface area contributed by atoms with Crippen LogP contribution in [0.15, 0.2) is 35.1 Å². The zero-order valence-electron chi connectivity index (χ0n) is 11.7. The maximum absolute atomic E-state index is 11.7. The van der Waals surface area contributed by atoms with Gasteiger partial charge in [-0.3, -0.25) is 4.79 Å².